The van der Waals surface area contributed by atoms with Crippen LogP contribution in [0.2, 0.25) is 0 Å². The van der Waals surface area contributed by atoms with Crippen molar-refractivity contribution in [1.29, 1.82) is 0 Å². The van der Waals surface area contributed by atoms with Crippen LogP contribution in [0.15, 0.2) is 24.8 Å². The Bertz CT molecular complexity index is 1270. The van der Waals surface area contributed by atoms with E-state index < -0.39 is 5.41 Å². The van der Waals surface area contributed by atoms with Gasteiger partial charge in [0.1, 0.15) is 12.7 Å². The predicted molar refractivity (Wildman–Crippen MR) is 184 cm³/mol. The number of carbonyl (C=O) groups is 3. The number of fused-ring (bicyclic) bond motifs is 7. The number of esters is 2. The summed E-state index contributed by atoms with van der Waals surface area (Å²) in [5.74, 6) is 1.66. The van der Waals surface area contributed by atoms with Crippen molar-refractivity contribution in [1.82, 2.24) is 0 Å². The first-order valence-corrected chi connectivity index (χ1v) is 18.5. The summed E-state index contributed by atoms with van der Waals surface area (Å²) in [4.78, 5) is 38.7. The van der Waals surface area contributed by atoms with Crippen LogP contribution in [0, 0.1) is 62.1 Å². The predicted octanol–water partition coefficient (Wildman–Crippen LogP) is 9.86. The summed E-state index contributed by atoms with van der Waals surface area (Å²) in [6, 6.07) is 0. The highest BCUT2D eigenvalue weighted by atomic mass is 35.5. The van der Waals surface area contributed by atoms with E-state index in [1.54, 1.807) is 6.08 Å². The number of hydrogen-bond acceptors (Lipinski definition) is 5. The summed E-state index contributed by atoms with van der Waals surface area (Å²) in [5, 5.41) is -0.100. The molecule has 0 aromatic carbocycles. The number of hydrogen-bond donors (Lipinski definition) is 0. The third kappa shape index (κ3) is 5.45. The Morgan fingerprint density at radius 3 is 2.15 bits per heavy atom. The number of ether oxygens (including phenoxy) is 2. The Morgan fingerprint density at radius 1 is 0.848 bits per heavy atom. The van der Waals surface area contributed by atoms with Gasteiger partial charge in [-0.15, -0.1) is 0 Å². The highest BCUT2D eigenvalue weighted by Gasteiger charge is 2.72. The Balaban J connectivity index is 1.34. The Labute approximate surface area is 284 Å². The highest BCUT2D eigenvalue weighted by molar-refractivity contribution is 6.64. The van der Waals surface area contributed by atoms with Crippen LogP contribution in [0.4, 0.5) is 0 Å². The summed E-state index contributed by atoms with van der Waals surface area (Å²) in [7, 11) is 0. The van der Waals surface area contributed by atoms with Crippen LogP contribution in [-0.4, -0.2) is 29.9 Å². The maximum atomic E-state index is 13.3. The van der Waals surface area contributed by atoms with Crippen LogP contribution in [0.25, 0.3) is 0 Å². The SMILES string of the molecule is C=CCOC(=O)CC(C)(C)CC(=O)O[C@H]1CC[C@]2(C)[C@H]3CC[C@@H]4[C@H]5[C@H](C(=C)C)CC[C@]5(C(=O)Cl)CC[C@@]4(C)[C@]3(C)CC[C@H]2C1(C)C. The molecule has 0 radical (unpaired) electrons. The van der Waals surface area contributed by atoms with E-state index in [-0.39, 0.29) is 69.8 Å². The van der Waals surface area contributed by atoms with Crippen LogP contribution in [-0.2, 0) is 23.9 Å². The molecule has 0 aromatic rings. The molecule has 5 rings (SSSR count). The second-order valence-corrected chi connectivity index (χ2v) is 18.8. The number of rotatable bonds is 9. The van der Waals surface area contributed by atoms with Gasteiger partial charge in [0.25, 0.3) is 0 Å². The van der Waals surface area contributed by atoms with Gasteiger partial charge in [0.2, 0.25) is 5.24 Å². The van der Waals surface area contributed by atoms with E-state index in [2.05, 4.69) is 54.7 Å². The topological polar surface area (TPSA) is 69.7 Å². The van der Waals surface area contributed by atoms with Crippen molar-refractivity contribution < 1.29 is 23.9 Å². The average Bonchev–Trinajstić information content (AvgIpc) is 3.35. The summed E-state index contributed by atoms with van der Waals surface area (Å²) >= 11 is 6.51. The number of allylic oxidation sites excluding steroid dienone is 1. The molecule has 258 valence electrons. The van der Waals surface area contributed by atoms with Crippen molar-refractivity contribution in [3.05, 3.63) is 24.8 Å². The third-order valence-electron chi connectivity index (χ3n) is 15.3. The minimum absolute atomic E-state index is 0.100. The van der Waals surface area contributed by atoms with Crippen molar-refractivity contribution in [2.24, 2.45) is 62.1 Å². The molecule has 0 saturated heterocycles. The molecule has 46 heavy (non-hydrogen) atoms. The molecule has 6 heteroatoms. The number of carbonyl (C=O) groups excluding carboxylic acids is 3. The lowest BCUT2D eigenvalue weighted by Gasteiger charge is -2.72. The van der Waals surface area contributed by atoms with Crippen LogP contribution < -0.4 is 0 Å². The van der Waals surface area contributed by atoms with Gasteiger partial charge in [-0.3, -0.25) is 14.4 Å². The van der Waals surface area contributed by atoms with Gasteiger partial charge < -0.3 is 9.47 Å². The molecule has 0 N–H and O–H groups in total. The summed E-state index contributed by atoms with van der Waals surface area (Å²) < 4.78 is 11.5. The van der Waals surface area contributed by atoms with Crippen LogP contribution in [0.1, 0.15) is 132 Å². The fourth-order valence-electron chi connectivity index (χ4n) is 12.9. The second kappa shape index (κ2) is 12.1. The van der Waals surface area contributed by atoms with E-state index in [0.717, 1.165) is 51.4 Å². The smallest absolute Gasteiger partial charge is 0.306 e. The lowest BCUT2D eigenvalue weighted by Crippen LogP contribution is -2.67. The zero-order chi connectivity index (χ0) is 34.1. The standard InChI is InChI=1S/C40H61ClO5/c1-11-22-45-31(42)23-35(4,5)24-32(43)46-30-16-17-37(8)28(36(30,6)7)15-18-39(10)29(37)13-12-27-33-26(25(2)3)14-19-40(33,34(41)44)21-20-38(27,39)9/h11,26-30,33H,1-2,12-24H2,3-10H3/t26-,27+,28-,29+,30-,33+,37-,38+,39+,40-/m0/s1. The molecule has 0 heterocycles. The minimum atomic E-state index is -0.544. The van der Waals surface area contributed by atoms with Crippen molar-refractivity contribution in [3.63, 3.8) is 0 Å². The maximum Gasteiger partial charge on any atom is 0.306 e. The molecular weight excluding hydrogens is 596 g/mol. The largest absolute Gasteiger partial charge is 0.462 e. The first kappa shape index (κ1) is 35.7. The van der Waals surface area contributed by atoms with Gasteiger partial charge >= 0.3 is 11.9 Å². The first-order chi connectivity index (χ1) is 21.3. The Morgan fingerprint density at radius 2 is 1.52 bits per heavy atom. The summed E-state index contributed by atoms with van der Waals surface area (Å²) in [6.45, 7) is 26.6. The molecule has 5 aliphatic rings. The van der Waals surface area contributed by atoms with Crippen LogP contribution in [0.3, 0.4) is 0 Å². The van der Waals surface area contributed by atoms with E-state index in [9.17, 15) is 14.4 Å². The van der Waals surface area contributed by atoms with Crippen LogP contribution >= 0.6 is 11.6 Å². The lowest BCUT2D eigenvalue weighted by molar-refractivity contribution is -0.248. The molecule has 0 amide bonds. The van der Waals surface area contributed by atoms with Gasteiger partial charge in [-0.25, -0.2) is 0 Å². The van der Waals surface area contributed by atoms with Crippen LogP contribution in [0.5, 0.6) is 0 Å². The quantitative estimate of drug-likeness (QED) is 0.140. The molecule has 10 atom stereocenters. The Kier molecular flexibility index (Phi) is 9.35. The first-order valence-electron chi connectivity index (χ1n) is 18.1. The number of halogens is 1. The molecule has 0 unspecified atom stereocenters. The summed E-state index contributed by atoms with van der Waals surface area (Å²) in [5.41, 5.74) is 0.618. The average molecular weight is 657 g/mol. The van der Waals surface area contributed by atoms with Crippen molar-refractivity contribution in [2.75, 3.05) is 6.61 Å². The van der Waals surface area contributed by atoms with Gasteiger partial charge in [0.05, 0.1) is 12.8 Å². The molecule has 0 bridgehead atoms. The normalized spacial score (nSPS) is 42.8. The van der Waals surface area contributed by atoms with Crippen molar-refractivity contribution in [2.45, 2.75) is 139 Å². The zero-order valence-electron chi connectivity index (χ0n) is 30.1. The van der Waals surface area contributed by atoms with Gasteiger partial charge in [0, 0.05) is 10.8 Å². The molecular formula is C40H61ClO5. The highest BCUT2D eigenvalue weighted by Crippen LogP contribution is 2.77. The van der Waals surface area contributed by atoms with Crippen molar-refractivity contribution in [3.8, 4) is 0 Å². The van der Waals surface area contributed by atoms with Crippen molar-refractivity contribution >= 4 is 28.8 Å². The second-order valence-electron chi connectivity index (χ2n) is 18.4. The van der Waals surface area contributed by atoms with E-state index in [1.807, 2.05) is 13.8 Å². The van der Waals surface area contributed by atoms with Gasteiger partial charge in [0.15, 0.2) is 0 Å². The molecule has 0 aliphatic heterocycles. The minimum Gasteiger partial charge on any atom is -0.462 e. The molecule has 0 aromatic heterocycles. The Hall–Kier alpha value is -1.62. The summed E-state index contributed by atoms with van der Waals surface area (Å²) in [6.07, 6.45) is 12.2. The van der Waals surface area contributed by atoms with E-state index in [4.69, 9.17) is 21.1 Å². The third-order valence-corrected chi connectivity index (χ3v) is 15.7. The van der Waals surface area contributed by atoms with E-state index in [1.165, 1.54) is 18.4 Å². The zero-order valence-corrected chi connectivity index (χ0v) is 30.8. The van der Waals surface area contributed by atoms with E-state index >= 15 is 0 Å². The molecule has 5 fully saturated rings. The lowest BCUT2D eigenvalue weighted by atomic mass is 9.32. The molecule has 5 aliphatic carbocycles. The molecule has 5 nitrogen and oxygen atoms in total. The van der Waals surface area contributed by atoms with Gasteiger partial charge in [-0.1, -0.05) is 73.3 Å². The monoisotopic (exact) mass is 656 g/mol. The fraction of sp³-hybridized carbons (Fsp3) is 0.825. The maximum absolute atomic E-state index is 13.3. The van der Waals surface area contributed by atoms with E-state index in [0.29, 0.717) is 29.6 Å². The molecule has 0 spiro atoms. The fourth-order valence-corrected chi connectivity index (χ4v) is 13.2. The molecule has 5 saturated carbocycles. The van der Waals surface area contributed by atoms with Gasteiger partial charge in [-0.05, 0) is 134 Å². The van der Waals surface area contributed by atoms with Gasteiger partial charge in [-0.2, -0.15) is 0 Å².